The van der Waals surface area contributed by atoms with Crippen molar-refractivity contribution >= 4 is 25.3 Å². The molecule has 52 valence electrons. The van der Waals surface area contributed by atoms with Gasteiger partial charge in [0.15, 0.2) is 0 Å². The summed E-state index contributed by atoms with van der Waals surface area (Å²) in [7, 11) is 0. The highest BCUT2D eigenvalue weighted by atomic mass is 32.1. The molecule has 2 saturated carbocycles. The second-order valence-electron chi connectivity index (χ2n) is 3.46. The molecule has 0 aromatic rings. The van der Waals surface area contributed by atoms with Gasteiger partial charge in [-0.3, -0.25) is 0 Å². The van der Waals surface area contributed by atoms with Crippen LogP contribution >= 0.6 is 25.3 Å². The summed E-state index contributed by atoms with van der Waals surface area (Å²) < 4.78 is 0.327. The van der Waals surface area contributed by atoms with Gasteiger partial charge in [0.2, 0.25) is 0 Å². The van der Waals surface area contributed by atoms with Gasteiger partial charge < -0.3 is 0 Å². The van der Waals surface area contributed by atoms with E-state index in [0.29, 0.717) is 10.00 Å². The van der Waals surface area contributed by atoms with E-state index in [-0.39, 0.29) is 0 Å². The van der Waals surface area contributed by atoms with Crippen molar-refractivity contribution in [2.24, 2.45) is 5.92 Å². The van der Waals surface area contributed by atoms with Gasteiger partial charge in [-0.05, 0) is 31.6 Å². The van der Waals surface area contributed by atoms with Crippen molar-refractivity contribution in [1.82, 2.24) is 0 Å². The molecule has 2 aliphatic carbocycles. The smallest absolute Gasteiger partial charge is 0.0248 e. The van der Waals surface area contributed by atoms with Crippen molar-refractivity contribution in [3.8, 4) is 0 Å². The lowest BCUT2D eigenvalue weighted by atomic mass is 10.00. The summed E-state index contributed by atoms with van der Waals surface area (Å²) in [6.07, 6.45) is 5.34. The van der Waals surface area contributed by atoms with Crippen molar-refractivity contribution in [3.05, 3.63) is 0 Å². The predicted molar refractivity (Wildman–Crippen MR) is 46.4 cm³/mol. The van der Waals surface area contributed by atoms with E-state index in [0.717, 1.165) is 5.92 Å². The second kappa shape index (κ2) is 1.85. The molecule has 0 spiro atoms. The maximum Gasteiger partial charge on any atom is 0.0248 e. The summed E-state index contributed by atoms with van der Waals surface area (Å²) in [4.78, 5) is 0. The normalized spacial score (nSPS) is 56.7. The molecular weight excluding hydrogens is 148 g/mol. The van der Waals surface area contributed by atoms with Crippen LogP contribution < -0.4 is 0 Å². The molecular formula is C7H12S2. The standard InChI is InChI=1S/C7H12S2/c8-6-3-5-1-2-7(6,9)4-5/h5-6,8-9H,1-4H2. The summed E-state index contributed by atoms with van der Waals surface area (Å²) in [5.74, 6) is 0.963. The van der Waals surface area contributed by atoms with Crippen LogP contribution in [0.15, 0.2) is 0 Å². The molecule has 0 radical (unpaired) electrons. The molecule has 0 aromatic heterocycles. The Morgan fingerprint density at radius 1 is 1.44 bits per heavy atom. The van der Waals surface area contributed by atoms with Crippen LogP contribution in [0.25, 0.3) is 0 Å². The minimum absolute atomic E-state index is 0.327. The molecule has 0 heterocycles. The Kier molecular flexibility index (Phi) is 1.32. The highest BCUT2D eigenvalue weighted by Crippen LogP contribution is 2.53. The van der Waals surface area contributed by atoms with E-state index < -0.39 is 0 Å². The highest BCUT2D eigenvalue weighted by Gasteiger charge is 2.47. The van der Waals surface area contributed by atoms with Crippen LogP contribution in [0.3, 0.4) is 0 Å². The van der Waals surface area contributed by atoms with Gasteiger partial charge in [0.25, 0.3) is 0 Å². The van der Waals surface area contributed by atoms with Crippen molar-refractivity contribution in [1.29, 1.82) is 0 Å². The first-order valence-corrected chi connectivity index (χ1v) is 4.57. The predicted octanol–water partition coefficient (Wildman–Crippen LogP) is 2.16. The SMILES string of the molecule is SC1CC2CCC1(S)C2. The lowest BCUT2D eigenvalue weighted by molar-refractivity contribution is 0.512. The zero-order chi connectivity index (χ0) is 6.48. The van der Waals surface area contributed by atoms with Gasteiger partial charge in [-0.2, -0.15) is 25.3 Å². The summed E-state index contributed by atoms with van der Waals surface area (Å²) in [6.45, 7) is 0. The van der Waals surface area contributed by atoms with Crippen LogP contribution in [0.4, 0.5) is 0 Å². The van der Waals surface area contributed by atoms with E-state index in [1.165, 1.54) is 25.7 Å². The Hall–Kier alpha value is 0.700. The molecule has 0 nitrogen and oxygen atoms in total. The Morgan fingerprint density at radius 2 is 2.22 bits per heavy atom. The van der Waals surface area contributed by atoms with Gasteiger partial charge in [0.1, 0.15) is 0 Å². The maximum absolute atomic E-state index is 4.64. The fraction of sp³-hybridized carbons (Fsp3) is 1.00. The van der Waals surface area contributed by atoms with Crippen LogP contribution in [0.5, 0.6) is 0 Å². The zero-order valence-electron chi connectivity index (χ0n) is 5.38. The fourth-order valence-electron chi connectivity index (χ4n) is 2.20. The van der Waals surface area contributed by atoms with E-state index in [2.05, 4.69) is 25.3 Å². The molecule has 0 amide bonds. The first-order valence-electron chi connectivity index (χ1n) is 3.61. The van der Waals surface area contributed by atoms with Crippen LogP contribution in [0.2, 0.25) is 0 Å². The molecule has 2 bridgehead atoms. The van der Waals surface area contributed by atoms with E-state index in [9.17, 15) is 0 Å². The Bertz CT molecular complexity index is 135. The molecule has 0 N–H and O–H groups in total. The Morgan fingerprint density at radius 3 is 2.44 bits per heavy atom. The lowest BCUT2D eigenvalue weighted by Crippen LogP contribution is -2.26. The second-order valence-corrected chi connectivity index (χ2v) is 4.98. The van der Waals surface area contributed by atoms with E-state index in [4.69, 9.17) is 0 Å². The summed E-state index contributed by atoms with van der Waals surface area (Å²) >= 11 is 9.15. The fourth-order valence-corrected chi connectivity index (χ4v) is 3.22. The molecule has 2 rings (SSSR count). The number of hydrogen-bond donors (Lipinski definition) is 2. The number of rotatable bonds is 0. The lowest BCUT2D eigenvalue weighted by Gasteiger charge is -2.25. The molecule has 0 aromatic carbocycles. The summed E-state index contributed by atoms with van der Waals surface area (Å²) in [5, 5.41) is 0.583. The van der Waals surface area contributed by atoms with Crippen LogP contribution in [-0.4, -0.2) is 10.00 Å². The van der Waals surface area contributed by atoms with Gasteiger partial charge in [-0.15, -0.1) is 0 Å². The largest absolute Gasteiger partial charge is 0.174 e. The van der Waals surface area contributed by atoms with E-state index in [1.807, 2.05) is 0 Å². The number of fused-ring (bicyclic) bond motifs is 2. The maximum atomic E-state index is 4.64. The monoisotopic (exact) mass is 160 g/mol. The van der Waals surface area contributed by atoms with E-state index >= 15 is 0 Å². The Balaban J connectivity index is 2.22. The highest BCUT2D eigenvalue weighted by molar-refractivity contribution is 7.85. The molecule has 9 heavy (non-hydrogen) atoms. The van der Waals surface area contributed by atoms with Crippen molar-refractivity contribution in [2.45, 2.75) is 35.7 Å². The van der Waals surface area contributed by atoms with Gasteiger partial charge >= 0.3 is 0 Å². The van der Waals surface area contributed by atoms with Crippen molar-refractivity contribution in [2.75, 3.05) is 0 Å². The zero-order valence-corrected chi connectivity index (χ0v) is 7.17. The summed E-state index contributed by atoms with van der Waals surface area (Å²) in [5.41, 5.74) is 0. The Labute approximate surface area is 67.2 Å². The van der Waals surface area contributed by atoms with Gasteiger partial charge in [0.05, 0.1) is 0 Å². The van der Waals surface area contributed by atoms with Crippen molar-refractivity contribution in [3.63, 3.8) is 0 Å². The molecule has 3 atom stereocenters. The van der Waals surface area contributed by atoms with Crippen LogP contribution in [-0.2, 0) is 0 Å². The third-order valence-electron chi connectivity index (χ3n) is 2.80. The molecule has 2 heteroatoms. The molecule has 3 unspecified atom stereocenters. The molecule has 0 saturated heterocycles. The molecule has 2 aliphatic rings. The minimum Gasteiger partial charge on any atom is -0.174 e. The van der Waals surface area contributed by atoms with Crippen LogP contribution in [0, 0.1) is 5.92 Å². The first-order chi connectivity index (χ1) is 4.21. The summed E-state index contributed by atoms with van der Waals surface area (Å²) in [6, 6.07) is 0. The third kappa shape index (κ3) is 0.829. The third-order valence-corrected chi connectivity index (χ3v) is 4.43. The number of thiol groups is 2. The average molecular weight is 160 g/mol. The van der Waals surface area contributed by atoms with Gasteiger partial charge in [-0.25, -0.2) is 0 Å². The molecule has 0 aliphatic heterocycles. The molecule has 2 fully saturated rings. The van der Waals surface area contributed by atoms with E-state index in [1.54, 1.807) is 0 Å². The van der Waals surface area contributed by atoms with Crippen LogP contribution in [0.1, 0.15) is 25.7 Å². The first kappa shape index (κ1) is 6.41. The topological polar surface area (TPSA) is 0 Å². The quantitative estimate of drug-likeness (QED) is 0.498. The van der Waals surface area contributed by atoms with Crippen molar-refractivity contribution < 1.29 is 0 Å². The number of hydrogen-bond acceptors (Lipinski definition) is 2. The average Bonchev–Trinajstić information content (AvgIpc) is 2.22. The van der Waals surface area contributed by atoms with Gasteiger partial charge in [-0.1, -0.05) is 0 Å². The van der Waals surface area contributed by atoms with Gasteiger partial charge in [0, 0.05) is 10.00 Å². The minimum atomic E-state index is 0.327.